The molecule has 4 heteroatoms. The second-order valence-electron chi connectivity index (χ2n) is 3.98. The number of methoxy groups -OCH3 is 1. The molecule has 0 aromatic carbocycles. The van der Waals surface area contributed by atoms with Crippen molar-refractivity contribution in [3.63, 3.8) is 0 Å². The molecule has 0 saturated heterocycles. The summed E-state index contributed by atoms with van der Waals surface area (Å²) in [5, 5.41) is 4.27. The molecule has 0 radical (unpaired) electrons. The highest BCUT2D eigenvalue weighted by molar-refractivity contribution is 5.29. The van der Waals surface area contributed by atoms with Gasteiger partial charge in [-0.25, -0.2) is 4.98 Å². The van der Waals surface area contributed by atoms with Crippen LogP contribution in [0.2, 0.25) is 0 Å². The lowest BCUT2D eigenvalue weighted by atomic mass is 10.1. The van der Waals surface area contributed by atoms with Crippen LogP contribution >= 0.6 is 0 Å². The lowest BCUT2D eigenvalue weighted by molar-refractivity contribution is 0.396. The first-order valence-electron chi connectivity index (χ1n) is 5.74. The number of rotatable bonds is 4. The van der Waals surface area contributed by atoms with E-state index in [1.54, 1.807) is 7.11 Å². The van der Waals surface area contributed by atoms with Crippen LogP contribution in [0.15, 0.2) is 24.5 Å². The van der Waals surface area contributed by atoms with Crippen LogP contribution in [0.25, 0.3) is 0 Å². The zero-order valence-electron chi connectivity index (χ0n) is 10.5. The van der Waals surface area contributed by atoms with Gasteiger partial charge in [-0.3, -0.25) is 4.68 Å². The molecule has 0 aliphatic carbocycles. The van der Waals surface area contributed by atoms with Crippen molar-refractivity contribution in [3.05, 3.63) is 41.3 Å². The molecule has 2 aromatic heterocycles. The first-order chi connectivity index (χ1) is 8.22. The van der Waals surface area contributed by atoms with Crippen LogP contribution in [-0.4, -0.2) is 21.9 Å². The largest absolute Gasteiger partial charge is 0.481 e. The van der Waals surface area contributed by atoms with E-state index in [9.17, 15) is 0 Å². The van der Waals surface area contributed by atoms with Crippen molar-refractivity contribution < 1.29 is 4.74 Å². The molecule has 0 unspecified atom stereocenters. The predicted molar refractivity (Wildman–Crippen MR) is 66.2 cm³/mol. The van der Waals surface area contributed by atoms with Crippen LogP contribution in [0.3, 0.4) is 0 Å². The third-order valence-electron chi connectivity index (χ3n) is 2.78. The van der Waals surface area contributed by atoms with E-state index in [0.29, 0.717) is 5.88 Å². The molecule has 90 valence electrons. The van der Waals surface area contributed by atoms with Gasteiger partial charge >= 0.3 is 0 Å². The Morgan fingerprint density at radius 2 is 2.18 bits per heavy atom. The fourth-order valence-electron chi connectivity index (χ4n) is 1.76. The topological polar surface area (TPSA) is 39.9 Å². The summed E-state index contributed by atoms with van der Waals surface area (Å²) in [5.41, 5.74) is 3.43. The highest BCUT2D eigenvalue weighted by Crippen LogP contribution is 2.15. The number of hydrogen-bond acceptors (Lipinski definition) is 3. The molecule has 0 atom stereocenters. The van der Waals surface area contributed by atoms with Gasteiger partial charge in [0, 0.05) is 30.9 Å². The normalized spacial score (nSPS) is 10.5. The van der Waals surface area contributed by atoms with Crippen LogP contribution in [0.5, 0.6) is 5.88 Å². The highest BCUT2D eigenvalue weighted by atomic mass is 16.5. The van der Waals surface area contributed by atoms with Crippen molar-refractivity contribution in [2.45, 2.75) is 26.8 Å². The van der Waals surface area contributed by atoms with E-state index >= 15 is 0 Å². The second kappa shape index (κ2) is 4.99. The minimum absolute atomic E-state index is 0.663. The van der Waals surface area contributed by atoms with Crippen molar-refractivity contribution >= 4 is 0 Å². The minimum Gasteiger partial charge on any atom is -0.481 e. The Hall–Kier alpha value is -1.84. The maximum atomic E-state index is 5.09. The van der Waals surface area contributed by atoms with E-state index in [0.717, 1.165) is 18.7 Å². The average molecular weight is 231 g/mol. The van der Waals surface area contributed by atoms with Gasteiger partial charge in [0.1, 0.15) is 0 Å². The Labute approximate surface area is 101 Å². The number of aromatic nitrogens is 3. The van der Waals surface area contributed by atoms with Gasteiger partial charge in [-0.15, -0.1) is 0 Å². The predicted octanol–water partition coefficient (Wildman–Crippen LogP) is 2.21. The summed E-state index contributed by atoms with van der Waals surface area (Å²) in [5.74, 6) is 0.663. The van der Waals surface area contributed by atoms with Crippen molar-refractivity contribution in [2.24, 2.45) is 0 Å². The molecule has 0 aliphatic heterocycles. The molecule has 0 N–H and O–H groups in total. The van der Waals surface area contributed by atoms with Crippen molar-refractivity contribution in [3.8, 4) is 5.88 Å². The maximum Gasteiger partial charge on any atom is 0.213 e. The molecule has 2 heterocycles. The lowest BCUT2D eigenvalue weighted by Gasteiger charge is -2.05. The van der Waals surface area contributed by atoms with Crippen LogP contribution in [0.1, 0.15) is 23.7 Å². The van der Waals surface area contributed by atoms with E-state index in [4.69, 9.17) is 4.74 Å². The molecule has 0 aliphatic rings. The first kappa shape index (κ1) is 11.6. The molecule has 4 nitrogen and oxygen atoms in total. The fraction of sp³-hybridized carbons (Fsp3) is 0.385. The van der Waals surface area contributed by atoms with E-state index in [1.807, 2.05) is 23.9 Å². The van der Waals surface area contributed by atoms with Gasteiger partial charge in [0.2, 0.25) is 5.88 Å². The van der Waals surface area contributed by atoms with Crippen LogP contribution in [0.4, 0.5) is 0 Å². The van der Waals surface area contributed by atoms with Gasteiger partial charge in [-0.2, -0.15) is 5.10 Å². The SMILES string of the molecule is CCn1cc(Cc2ccc(OC)nc2C)cn1. The molecule has 0 bridgehead atoms. The summed E-state index contributed by atoms with van der Waals surface area (Å²) in [6, 6.07) is 3.96. The van der Waals surface area contributed by atoms with Gasteiger partial charge < -0.3 is 4.74 Å². The van der Waals surface area contributed by atoms with Gasteiger partial charge in [0.05, 0.1) is 13.3 Å². The molecule has 0 saturated carbocycles. The fourth-order valence-corrected chi connectivity index (χ4v) is 1.76. The Bertz CT molecular complexity index is 505. The molecule has 2 rings (SSSR count). The zero-order chi connectivity index (χ0) is 12.3. The maximum absolute atomic E-state index is 5.09. The van der Waals surface area contributed by atoms with Crippen molar-refractivity contribution in [2.75, 3.05) is 7.11 Å². The monoisotopic (exact) mass is 231 g/mol. The molecule has 2 aromatic rings. The molecule has 17 heavy (non-hydrogen) atoms. The molecular weight excluding hydrogens is 214 g/mol. The van der Waals surface area contributed by atoms with Gasteiger partial charge in [-0.1, -0.05) is 6.07 Å². The third-order valence-corrected chi connectivity index (χ3v) is 2.78. The summed E-state index contributed by atoms with van der Waals surface area (Å²) in [6.45, 7) is 4.99. The van der Waals surface area contributed by atoms with Crippen molar-refractivity contribution in [1.29, 1.82) is 0 Å². The first-order valence-corrected chi connectivity index (χ1v) is 5.74. The quantitative estimate of drug-likeness (QED) is 0.810. The Balaban J connectivity index is 2.18. The minimum atomic E-state index is 0.663. The van der Waals surface area contributed by atoms with Gasteiger partial charge in [0.15, 0.2) is 0 Å². The number of pyridine rings is 1. The van der Waals surface area contributed by atoms with E-state index in [2.05, 4.69) is 29.3 Å². The number of nitrogens with zero attached hydrogens (tertiary/aromatic N) is 3. The Morgan fingerprint density at radius 3 is 2.76 bits per heavy atom. The second-order valence-corrected chi connectivity index (χ2v) is 3.98. The van der Waals surface area contributed by atoms with E-state index in [1.165, 1.54) is 11.1 Å². The average Bonchev–Trinajstić information content (AvgIpc) is 2.79. The Kier molecular flexibility index (Phi) is 3.42. The zero-order valence-corrected chi connectivity index (χ0v) is 10.5. The molecule has 0 spiro atoms. The third kappa shape index (κ3) is 2.64. The molecule has 0 fully saturated rings. The van der Waals surface area contributed by atoms with Crippen LogP contribution < -0.4 is 4.74 Å². The van der Waals surface area contributed by atoms with Gasteiger partial charge in [-0.05, 0) is 25.0 Å². The standard InChI is InChI=1S/C13H17N3O/c1-4-16-9-11(8-14-16)7-12-5-6-13(17-3)15-10(12)2/h5-6,8-9H,4,7H2,1-3H3. The summed E-state index contributed by atoms with van der Waals surface area (Å²) >= 11 is 0. The summed E-state index contributed by atoms with van der Waals surface area (Å²) < 4.78 is 7.03. The van der Waals surface area contributed by atoms with E-state index < -0.39 is 0 Å². The van der Waals surface area contributed by atoms with Crippen LogP contribution in [-0.2, 0) is 13.0 Å². The number of aryl methyl sites for hydroxylation is 2. The lowest BCUT2D eigenvalue weighted by Crippen LogP contribution is -1.96. The highest BCUT2D eigenvalue weighted by Gasteiger charge is 2.05. The summed E-state index contributed by atoms with van der Waals surface area (Å²) in [6.07, 6.45) is 4.85. The molecular formula is C13H17N3O. The molecule has 0 amide bonds. The summed E-state index contributed by atoms with van der Waals surface area (Å²) in [4.78, 5) is 4.37. The van der Waals surface area contributed by atoms with Gasteiger partial charge in [0.25, 0.3) is 0 Å². The smallest absolute Gasteiger partial charge is 0.213 e. The number of hydrogen-bond donors (Lipinski definition) is 0. The summed E-state index contributed by atoms with van der Waals surface area (Å²) in [7, 11) is 1.63. The van der Waals surface area contributed by atoms with Crippen molar-refractivity contribution in [1.82, 2.24) is 14.8 Å². The Morgan fingerprint density at radius 1 is 1.35 bits per heavy atom. The van der Waals surface area contributed by atoms with E-state index in [-0.39, 0.29) is 0 Å². The number of ether oxygens (including phenoxy) is 1. The van der Waals surface area contributed by atoms with Crippen LogP contribution in [0, 0.1) is 6.92 Å².